The van der Waals surface area contributed by atoms with Gasteiger partial charge in [0.05, 0.1) is 18.8 Å². The van der Waals surface area contributed by atoms with Crippen molar-refractivity contribution < 1.29 is 19.4 Å². The second-order valence-corrected chi connectivity index (χ2v) is 11.2. The van der Waals surface area contributed by atoms with Crippen LogP contribution in [0.3, 0.4) is 0 Å². The summed E-state index contributed by atoms with van der Waals surface area (Å²) in [5.74, 6) is -0.0193. The molecule has 1 aromatic heterocycles. The van der Waals surface area contributed by atoms with E-state index in [0.717, 1.165) is 27.4 Å². The number of aromatic amines is 1. The molecule has 12 heteroatoms. The van der Waals surface area contributed by atoms with Gasteiger partial charge in [-0.05, 0) is 16.7 Å². The molecule has 3 atom stereocenters. The highest BCUT2D eigenvalue weighted by molar-refractivity contribution is 7.99. The standard InChI is InChI=1S/C23H23Cl3N4O4S/c24-23(25,26)21(32)27-10-14-1-7-17(8-2-14)20-33-18(12-35-22-28-13-29-30-22)9-19(34-20)16-5-3-15(11-31)4-6-16/h1-8,13,18-20,31H,9-12H2,(H,27,32)(H,28,29,30). The smallest absolute Gasteiger partial charge is 0.272 e. The summed E-state index contributed by atoms with van der Waals surface area (Å²) in [6.45, 7) is 0.206. The van der Waals surface area contributed by atoms with Gasteiger partial charge in [-0.15, -0.1) is 0 Å². The number of amides is 1. The number of nitrogens with zero attached hydrogens (tertiary/aromatic N) is 2. The molecular weight excluding hydrogens is 535 g/mol. The van der Waals surface area contributed by atoms with Crippen LogP contribution in [0, 0.1) is 0 Å². The summed E-state index contributed by atoms with van der Waals surface area (Å²) in [6.07, 6.45) is 1.26. The van der Waals surface area contributed by atoms with Crippen molar-refractivity contribution in [2.24, 2.45) is 0 Å². The summed E-state index contributed by atoms with van der Waals surface area (Å²) in [5, 5.41) is 19.4. The summed E-state index contributed by atoms with van der Waals surface area (Å²) >= 11 is 18.3. The maximum atomic E-state index is 11.8. The second-order valence-electron chi connectivity index (χ2n) is 7.87. The van der Waals surface area contributed by atoms with Gasteiger partial charge in [-0.2, -0.15) is 5.10 Å². The van der Waals surface area contributed by atoms with Crippen LogP contribution < -0.4 is 5.32 Å². The molecule has 186 valence electrons. The number of rotatable bonds is 8. The van der Waals surface area contributed by atoms with E-state index in [1.807, 2.05) is 48.5 Å². The van der Waals surface area contributed by atoms with Crippen molar-refractivity contribution in [2.75, 3.05) is 5.75 Å². The van der Waals surface area contributed by atoms with E-state index in [-0.39, 0.29) is 25.4 Å². The number of nitrogens with one attached hydrogen (secondary N) is 2. The number of aromatic nitrogens is 3. The van der Waals surface area contributed by atoms with Crippen molar-refractivity contribution in [3.63, 3.8) is 0 Å². The number of alkyl halides is 3. The summed E-state index contributed by atoms with van der Waals surface area (Å²) in [7, 11) is 0. The summed E-state index contributed by atoms with van der Waals surface area (Å²) < 4.78 is 10.6. The van der Waals surface area contributed by atoms with Crippen molar-refractivity contribution in [1.29, 1.82) is 0 Å². The molecule has 0 bridgehead atoms. The van der Waals surface area contributed by atoms with Crippen molar-refractivity contribution in [3.05, 3.63) is 77.1 Å². The molecule has 1 amide bonds. The maximum Gasteiger partial charge on any atom is 0.272 e. The Morgan fingerprint density at radius 2 is 1.77 bits per heavy atom. The predicted molar refractivity (Wildman–Crippen MR) is 134 cm³/mol. The number of halogens is 3. The van der Waals surface area contributed by atoms with Crippen LogP contribution in [0.5, 0.6) is 0 Å². The predicted octanol–water partition coefficient (Wildman–Crippen LogP) is 4.62. The third-order valence-corrected chi connectivity index (χ3v) is 6.90. The third-order valence-electron chi connectivity index (χ3n) is 5.38. The number of aliphatic hydroxyl groups is 1. The highest BCUT2D eigenvalue weighted by Crippen LogP contribution is 2.39. The molecule has 1 aliphatic heterocycles. The Kier molecular flexibility index (Phi) is 8.93. The first-order valence-corrected chi connectivity index (χ1v) is 12.9. The van der Waals surface area contributed by atoms with Gasteiger partial charge >= 0.3 is 0 Å². The van der Waals surface area contributed by atoms with Gasteiger partial charge in [0, 0.05) is 24.3 Å². The van der Waals surface area contributed by atoms with Gasteiger partial charge in [0.15, 0.2) is 11.4 Å². The quantitative estimate of drug-likeness (QED) is 0.274. The van der Waals surface area contributed by atoms with E-state index in [1.165, 1.54) is 18.1 Å². The lowest BCUT2D eigenvalue weighted by atomic mass is 10.0. The molecule has 2 aromatic carbocycles. The highest BCUT2D eigenvalue weighted by atomic mass is 35.6. The number of thioether (sulfide) groups is 1. The zero-order chi connectivity index (χ0) is 24.8. The fourth-order valence-electron chi connectivity index (χ4n) is 3.53. The average molecular weight is 558 g/mol. The molecule has 8 nitrogen and oxygen atoms in total. The number of carbonyl (C=O) groups is 1. The Bertz CT molecular complexity index is 1100. The molecule has 3 unspecified atom stereocenters. The average Bonchev–Trinajstić information content (AvgIpc) is 3.39. The van der Waals surface area contributed by atoms with Gasteiger partial charge in [0.1, 0.15) is 6.33 Å². The normalized spacial score (nSPS) is 20.5. The maximum absolute atomic E-state index is 11.8. The van der Waals surface area contributed by atoms with Crippen molar-refractivity contribution in [2.45, 2.75) is 47.0 Å². The Morgan fingerprint density at radius 1 is 1.09 bits per heavy atom. The molecule has 0 radical (unpaired) electrons. The van der Waals surface area contributed by atoms with Crippen LogP contribution >= 0.6 is 46.6 Å². The van der Waals surface area contributed by atoms with Crippen LogP contribution in [0.15, 0.2) is 60.0 Å². The minimum absolute atomic E-state index is 0.0115. The number of carbonyl (C=O) groups excluding carboxylic acids is 1. The van der Waals surface area contributed by atoms with Gasteiger partial charge in [-0.1, -0.05) is 95.1 Å². The molecule has 4 rings (SSSR count). The minimum Gasteiger partial charge on any atom is -0.392 e. The fraction of sp³-hybridized carbons (Fsp3) is 0.348. The molecule has 1 aliphatic rings. The molecule has 3 aromatic rings. The van der Waals surface area contributed by atoms with E-state index in [1.54, 1.807) is 0 Å². The topological polar surface area (TPSA) is 109 Å². The number of hydrogen-bond acceptors (Lipinski definition) is 7. The summed E-state index contributed by atoms with van der Waals surface area (Å²) in [5.41, 5.74) is 3.52. The minimum atomic E-state index is -2.01. The van der Waals surface area contributed by atoms with Crippen LogP contribution in [0.1, 0.15) is 41.1 Å². The van der Waals surface area contributed by atoms with Crippen LogP contribution in [-0.2, 0) is 27.4 Å². The first kappa shape index (κ1) is 26.2. The molecule has 0 saturated carbocycles. The van der Waals surface area contributed by atoms with E-state index in [4.69, 9.17) is 44.3 Å². The van der Waals surface area contributed by atoms with Crippen LogP contribution in [0.2, 0.25) is 0 Å². The largest absolute Gasteiger partial charge is 0.392 e. The van der Waals surface area contributed by atoms with Crippen LogP contribution in [0.25, 0.3) is 0 Å². The van der Waals surface area contributed by atoms with E-state index < -0.39 is 16.0 Å². The van der Waals surface area contributed by atoms with Gasteiger partial charge in [-0.25, -0.2) is 4.98 Å². The molecule has 2 heterocycles. The number of ether oxygens (including phenoxy) is 2. The molecule has 0 aliphatic carbocycles. The van der Waals surface area contributed by atoms with E-state index >= 15 is 0 Å². The zero-order valence-electron chi connectivity index (χ0n) is 18.4. The Morgan fingerprint density at radius 3 is 2.40 bits per heavy atom. The van der Waals surface area contributed by atoms with Gasteiger partial charge in [0.25, 0.3) is 9.70 Å². The van der Waals surface area contributed by atoms with Crippen molar-refractivity contribution in [3.8, 4) is 0 Å². The van der Waals surface area contributed by atoms with Gasteiger partial charge in [0.2, 0.25) is 0 Å². The number of hydrogen-bond donors (Lipinski definition) is 3. The lowest BCUT2D eigenvalue weighted by molar-refractivity contribution is -0.245. The highest BCUT2D eigenvalue weighted by Gasteiger charge is 2.33. The fourth-order valence-corrected chi connectivity index (χ4v) is 4.53. The molecule has 1 fully saturated rings. The van der Waals surface area contributed by atoms with E-state index in [2.05, 4.69) is 20.5 Å². The van der Waals surface area contributed by atoms with Crippen molar-refractivity contribution in [1.82, 2.24) is 20.5 Å². The Hall–Kier alpha value is -1.85. The Balaban J connectivity index is 1.46. The van der Waals surface area contributed by atoms with E-state index in [0.29, 0.717) is 12.2 Å². The third kappa shape index (κ3) is 7.33. The second kappa shape index (κ2) is 11.9. The monoisotopic (exact) mass is 556 g/mol. The van der Waals surface area contributed by atoms with Gasteiger partial charge < -0.3 is 19.9 Å². The number of benzene rings is 2. The first-order valence-electron chi connectivity index (χ1n) is 10.7. The number of H-pyrrole nitrogens is 1. The molecule has 3 N–H and O–H groups in total. The molecule has 35 heavy (non-hydrogen) atoms. The molecular formula is C23H23Cl3N4O4S. The van der Waals surface area contributed by atoms with Gasteiger partial charge in [-0.3, -0.25) is 9.89 Å². The lowest BCUT2D eigenvalue weighted by Gasteiger charge is -2.36. The summed E-state index contributed by atoms with van der Waals surface area (Å²) in [4.78, 5) is 15.9. The first-order chi connectivity index (χ1) is 16.8. The zero-order valence-corrected chi connectivity index (χ0v) is 21.4. The van der Waals surface area contributed by atoms with Crippen LogP contribution in [0.4, 0.5) is 0 Å². The number of aliphatic hydroxyl groups excluding tert-OH is 1. The lowest BCUT2D eigenvalue weighted by Crippen LogP contribution is -2.34. The van der Waals surface area contributed by atoms with Crippen LogP contribution in [-0.4, -0.2) is 41.8 Å². The SMILES string of the molecule is O=C(NCc1ccc(C2OC(CSc3ncn[nH]3)CC(c3ccc(CO)cc3)O2)cc1)C(Cl)(Cl)Cl. The summed E-state index contributed by atoms with van der Waals surface area (Å²) in [6, 6.07) is 15.2. The molecule has 1 saturated heterocycles. The Labute approximate surface area is 221 Å². The van der Waals surface area contributed by atoms with E-state index in [9.17, 15) is 9.90 Å². The molecule has 0 spiro atoms. The van der Waals surface area contributed by atoms with Crippen molar-refractivity contribution >= 4 is 52.5 Å².